The first-order valence-electron chi connectivity index (χ1n) is 7.80. The predicted molar refractivity (Wildman–Crippen MR) is 78.0 cm³/mol. The summed E-state index contributed by atoms with van der Waals surface area (Å²) in [4.78, 5) is 24.6. The van der Waals surface area contributed by atoms with Crippen molar-refractivity contribution >= 4 is 11.8 Å². The zero-order valence-electron chi connectivity index (χ0n) is 13.5. The molecule has 0 radical (unpaired) electrons. The van der Waals surface area contributed by atoms with Crippen molar-refractivity contribution in [2.45, 2.75) is 38.8 Å². The number of rotatable bonds is 5. The number of amides is 2. The van der Waals surface area contributed by atoms with Gasteiger partial charge in [0, 0.05) is 25.1 Å². The summed E-state index contributed by atoms with van der Waals surface area (Å²) in [5, 5.41) is 3.84. The van der Waals surface area contributed by atoms with Gasteiger partial charge in [-0.15, -0.1) is 0 Å². The molecule has 6 nitrogen and oxygen atoms in total. The summed E-state index contributed by atoms with van der Waals surface area (Å²) in [7, 11) is 0. The molecule has 0 bridgehead atoms. The van der Waals surface area contributed by atoms with Crippen molar-refractivity contribution in [3.8, 4) is 0 Å². The highest BCUT2D eigenvalue weighted by atomic mass is 19.4. The Labute approximate surface area is 137 Å². The van der Waals surface area contributed by atoms with Crippen LogP contribution in [0.25, 0.3) is 0 Å². The Bertz CT molecular complexity index is 611. The van der Waals surface area contributed by atoms with Crippen molar-refractivity contribution in [1.82, 2.24) is 10.1 Å². The maximum absolute atomic E-state index is 13.0. The molecule has 1 aliphatic rings. The molecule has 0 aliphatic carbocycles. The molecule has 1 aliphatic heterocycles. The lowest BCUT2D eigenvalue weighted by atomic mass is 9.95. The number of hydrogen-bond acceptors (Lipinski definition) is 4. The third-order valence-electron chi connectivity index (χ3n) is 4.54. The van der Waals surface area contributed by atoms with Gasteiger partial charge < -0.3 is 15.2 Å². The molecule has 1 fully saturated rings. The molecule has 2 N–H and O–H groups in total. The van der Waals surface area contributed by atoms with Crippen LogP contribution in [0.4, 0.5) is 13.2 Å². The van der Waals surface area contributed by atoms with E-state index in [4.69, 9.17) is 10.3 Å². The number of nitrogens with zero attached hydrogens (tertiary/aromatic N) is 2. The van der Waals surface area contributed by atoms with E-state index in [0.717, 1.165) is 17.7 Å². The van der Waals surface area contributed by atoms with Gasteiger partial charge in [0.25, 0.3) is 5.91 Å². The molecule has 1 saturated heterocycles. The average molecular weight is 347 g/mol. The summed E-state index contributed by atoms with van der Waals surface area (Å²) < 4.78 is 44.1. The van der Waals surface area contributed by atoms with Crippen molar-refractivity contribution in [2.75, 3.05) is 13.1 Å². The average Bonchev–Trinajstić information content (AvgIpc) is 3.14. The largest absolute Gasteiger partial charge is 0.394 e. The molecule has 2 amide bonds. The van der Waals surface area contributed by atoms with Crippen molar-refractivity contribution in [1.29, 1.82) is 0 Å². The van der Waals surface area contributed by atoms with Gasteiger partial charge >= 0.3 is 6.18 Å². The van der Waals surface area contributed by atoms with E-state index >= 15 is 0 Å². The standard InChI is InChI=1S/C15H20F3N3O3/c1-3-8(4-2)11-5-12(24-20-11)14(23)21-6-9(13(19)22)10(7-21)15(16,17)18/h5,8-10H,3-4,6-7H2,1-2H3,(H2,19,22)/t9-,10-/m1/s1. The molecule has 134 valence electrons. The molecule has 0 aromatic carbocycles. The quantitative estimate of drug-likeness (QED) is 0.885. The lowest BCUT2D eigenvalue weighted by molar-refractivity contribution is -0.182. The van der Waals surface area contributed by atoms with Crippen molar-refractivity contribution < 1.29 is 27.3 Å². The van der Waals surface area contributed by atoms with E-state index in [1.54, 1.807) is 0 Å². The first-order chi connectivity index (χ1) is 11.2. The molecule has 0 unspecified atom stereocenters. The predicted octanol–water partition coefficient (Wildman–Crippen LogP) is 2.31. The lowest BCUT2D eigenvalue weighted by Crippen LogP contribution is -2.37. The maximum atomic E-state index is 13.0. The minimum absolute atomic E-state index is 0.121. The Morgan fingerprint density at radius 3 is 2.46 bits per heavy atom. The summed E-state index contributed by atoms with van der Waals surface area (Å²) >= 11 is 0. The van der Waals surface area contributed by atoms with Gasteiger partial charge in [0.2, 0.25) is 11.7 Å². The highest BCUT2D eigenvalue weighted by molar-refractivity contribution is 5.92. The highest BCUT2D eigenvalue weighted by Gasteiger charge is 2.53. The fourth-order valence-corrected chi connectivity index (χ4v) is 3.03. The molecular formula is C15H20F3N3O3. The molecule has 1 aromatic heterocycles. The first-order valence-corrected chi connectivity index (χ1v) is 7.80. The number of hydrogen-bond donors (Lipinski definition) is 1. The number of alkyl halides is 3. The van der Waals surface area contributed by atoms with Crippen molar-refractivity contribution in [3.05, 3.63) is 17.5 Å². The van der Waals surface area contributed by atoms with Gasteiger partial charge in [-0.05, 0) is 12.8 Å². The summed E-state index contributed by atoms with van der Waals surface area (Å²) in [5.74, 6) is -5.19. The minimum atomic E-state index is -4.60. The van der Waals surface area contributed by atoms with E-state index in [2.05, 4.69) is 5.16 Å². The normalized spacial score (nSPS) is 21.5. The van der Waals surface area contributed by atoms with Crippen molar-refractivity contribution in [2.24, 2.45) is 17.6 Å². The Kier molecular flexibility index (Phi) is 5.19. The second-order valence-corrected chi connectivity index (χ2v) is 6.00. The molecule has 0 saturated carbocycles. The zero-order chi connectivity index (χ0) is 18.1. The van der Waals surface area contributed by atoms with Gasteiger partial charge in [-0.25, -0.2) is 0 Å². The van der Waals surface area contributed by atoms with E-state index in [1.807, 2.05) is 13.8 Å². The first kappa shape index (κ1) is 18.3. The van der Waals surface area contributed by atoms with E-state index in [9.17, 15) is 22.8 Å². The summed E-state index contributed by atoms with van der Waals surface area (Å²) in [6, 6.07) is 1.46. The van der Waals surface area contributed by atoms with Gasteiger partial charge in [0.05, 0.1) is 17.5 Å². The van der Waals surface area contributed by atoms with E-state index < -0.39 is 36.4 Å². The smallest absolute Gasteiger partial charge is 0.369 e. The second-order valence-electron chi connectivity index (χ2n) is 6.00. The van der Waals surface area contributed by atoms with Crippen LogP contribution in [0.1, 0.15) is 48.9 Å². The molecule has 2 heterocycles. The zero-order valence-corrected chi connectivity index (χ0v) is 13.5. The Morgan fingerprint density at radius 2 is 2.00 bits per heavy atom. The molecule has 2 atom stereocenters. The highest BCUT2D eigenvalue weighted by Crippen LogP contribution is 2.38. The second kappa shape index (κ2) is 6.82. The van der Waals surface area contributed by atoms with Crippen LogP contribution < -0.4 is 5.73 Å². The van der Waals surface area contributed by atoms with Crippen LogP contribution in [0.5, 0.6) is 0 Å². The van der Waals surface area contributed by atoms with Crippen LogP contribution in [0.3, 0.4) is 0 Å². The topological polar surface area (TPSA) is 89.4 Å². The van der Waals surface area contributed by atoms with Gasteiger partial charge in [0.1, 0.15) is 0 Å². The van der Waals surface area contributed by atoms with Crippen LogP contribution in [0.15, 0.2) is 10.6 Å². The van der Waals surface area contributed by atoms with Crippen LogP contribution in [-0.2, 0) is 4.79 Å². The van der Waals surface area contributed by atoms with Crippen LogP contribution in [0.2, 0.25) is 0 Å². The number of aromatic nitrogens is 1. The molecular weight excluding hydrogens is 327 g/mol. The summed E-state index contributed by atoms with van der Waals surface area (Å²) in [6.45, 7) is 2.95. The Hall–Kier alpha value is -2.06. The minimum Gasteiger partial charge on any atom is -0.369 e. The van der Waals surface area contributed by atoms with E-state index in [1.165, 1.54) is 6.07 Å². The van der Waals surface area contributed by atoms with Crippen molar-refractivity contribution in [3.63, 3.8) is 0 Å². The molecule has 1 aromatic rings. The Balaban J connectivity index is 2.17. The van der Waals surface area contributed by atoms with Crippen LogP contribution >= 0.6 is 0 Å². The molecule has 24 heavy (non-hydrogen) atoms. The number of halogens is 3. The SMILES string of the molecule is CCC(CC)c1cc(C(=O)N2C[C@@H](C(F)(F)F)[C@H](C(N)=O)C2)on1. The van der Waals surface area contributed by atoms with Gasteiger partial charge in [0.15, 0.2) is 0 Å². The monoisotopic (exact) mass is 347 g/mol. The number of carbonyl (C=O) groups is 2. The third-order valence-corrected chi connectivity index (χ3v) is 4.54. The third kappa shape index (κ3) is 3.54. The van der Waals surface area contributed by atoms with Crippen LogP contribution in [0, 0.1) is 11.8 Å². The van der Waals surface area contributed by atoms with E-state index in [0.29, 0.717) is 5.69 Å². The molecule has 2 rings (SSSR count). The fraction of sp³-hybridized carbons (Fsp3) is 0.667. The van der Waals surface area contributed by atoms with Gasteiger partial charge in [-0.3, -0.25) is 9.59 Å². The molecule has 0 spiro atoms. The number of primary amides is 1. The molecule has 9 heteroatoms. The summed E-state index contributed by atoms with van der Waals surface area (Å²) in [5.41, 5.74) is 5.65. The van der Waals surface area contributed by atoms with Gasteiger partial charge in [-0.1, -0.05) is 19.0 Å². The van der Waals surface area contributed by atoms with Crippen LogP contribution in [-0.4, -0.2) is 41.1 Å². The Morgan fingerprint density at radius 1 is 1.38 bits per heavy atom. The van der Waals surface area contributed by atoms with E-state index in [-0.39, 0.29) is 18.2 Å². The number of nitrogens with two attached hydrogens (primary N) is 1. The van der Waals surface area contributed by atoms with Gasteiger partial charge in [-0.2, -0.15) is 13.2 Å². The number of carbonyl (C=O) groups excluding carboxylic acids is 2. The lowest BCUT2D eigenvalue weighted by Gasteiger charge is -2.18. The number of likely N-dealkylation sites (tertiary alicyclic amines) is 1. The maximum Gasteiger partial charge on any atom is 0.394 e. The summed E-state index contributed by atoms with van der Waals surface area (Å²) in [6.07, 6.45) is -2.99. The fourth-order valence-electron chi connectivity index (χ4n) is 3.03.